The van der Waals surface area contributed by atoms with Crippen molar-refractivity contribution in [1.29, 1.82) is 0 Å². The standard InChI is InChI=1S/C8H9NS/c10-8-5-6(8)7-3-1-2-4-9-7/h1-4,6,8,10H,5H2/t6-,8+/m1/s1. The summed E-state index contributed by atoms with van der Waals surface area (Å²) in [6.07, 6.45) is 3.04. The first-order valence-electron chi connectivity index (χ1n) is 3.47. The second-order valence-electron chi connectivity index (χ2n) is 2.66. The van der Waals surface area contributed by atoms with Gasteiger partial charge in [0.25, 0.3) is 0 Å². The van der Waals surface area contributed by atoms with Crippen LogP contribution in [0.25, 0.3) is 0 Å². The van der Waals surface area contributed by atoms with Crippen molar-refractivity contribution in [3.63, 3.8) is 0 Å². The molecule has 0 saturated heterocycles. The molecule has 1 heterocycles. The highest BCUT2D eigenvalue weighted by atomic mass is 32.1. The Morgan fingerprint density at radius 2 is 2.30 bits per heavy atom. The molecule has 0 N–H and O–H groups in total. The van der Waals surface area contributed by atoms with Crippen molar-refractivity contribution in [3.05, 3.63) is 30.1 Å². The van der Waals surface area contributed by atoms with Crippen LogP contribution < -0.4 is 0 Å². The maximum absolute atomic E-state index is 4.34. The van der Waals surface area contributed by atoms with E-state index in [1.165, 1.54) is 12.1 Å². The number of pyridine rings is 1. The lowest BCUT2D eigenvalue weighted by molar-refractivity contribution is 1.03. The predicted octanol–water partition coefficient (Wildman–Crippen LogP) is 1.87. The van der Waals surface area contributed by atoms with Crippen molar-refractivity contribution in [3.8, 4) is 0 Å². The summed E-state index contributed by atoms with van der Waals surface area (Å²) in [6, 6.07) is 6.04. The van der Waals surface area contributed by atoms with Gasteiger partial charge in [-0.1, -0.05) is 6.07 Å². The van der Waals surface area contributed by atoms with Gasteiger partial charge in [-0.25, -0.2) is 0 Å². The van der Waals surface area contributed by atoms with Gasteiger partial charge in [0.15, 0.2) is 0 Å². The van der Waals surface area contributed by atoms with Crippen LogP contribution >= 0.6 is 12.6 Å². The average molecular weight is 151 g/mol. The van der Waals surface area contributed by atoms with Gasteiger partial charge >= 0.3 is 0 Å². The van der Waals surface area contributed by atoms with Gasteiger partial charge in [0.1, 0.15) is 0 Å². The van der Waals surface area contributed by atoms with Gasteiger partial charge < -0.3 is 0 Å². The minimum Gasteiger partial charge on any atom is -0.261 e. The van der Waals surface area contributed by atoms with E-state index in [0.717, 1.165) is 0 Å². The van der Waals surface area contributed by atoms with E-state index < -0.39 is 0 Å². The molecule has 1 aliphatic carbocycles. The van der Waals surface area contributed by atoms with Crippen molar-refractivity contribution in [2.24, 2.45) is 0 Å². The molecule has 0 aromatic carbocycles. The Morgan fingerprint density at radius 3 is 2.80 bits per heavy atom. The van der Waals surface area contributed by atoms with E-state index in [9.17, 15) is 0 Å². The summed E-state index contributed by atoms with van der Waals surface area (Å²) in [7, 11) is 0. The molecule has 0 spiro atoms. The zero-order valence-electron chi connectivity index (χ0n) is 5.57. The molecule has 1 aliphatic rings. The van der Waals surface area contributed by atoms with Gasteiger partial charge in [0, 0.05) is 23.1 Å². The van der Waals surface area contributed by atoms with Gasteiger partial charge in [-0.2, -0.15) is 12.6 Å². The van der Waals surface area contributed by atoms with Crippen LogP contribution in [-0.2, 0) is 0 Å². The fourth-order valence-electron chi connectivity index (χ4n) is 1.09. The highest BCUT2D eigenvalue weighted by Gasteiger charge is 2.35. The fraction of sp³-hybridized carbons (Fsp3) is 0.375. The van der Waals surface area contributed by atoms with Crippen LogP contribution in [0, 0.1) is 0 Å². The van der Waals surface area contributed by atoms with Crippen LogP contribution in [0.1, 0.15) is 18.0 Å². The first-order valence-corrected chi connectivity index (χ1v) is 3.98. The molecule has 1 saturated carbocycles. The van der Waals surface area contributed by atoms with Crippen molar-refractivity contribution < 1.29 is 0 Å². The molecule has 1 aromatic heterocycles. The summed E-state index contributed by atoms with van der Waals surface area (Å²) in [5.74, 6) is 0.629. The number of aromatic nitrogens is 1. The van der Waals surface area contributed by atoms with E-state index in [1.54, 1.807) is 0 Å². The Bertz CT molecular complexity index is 222. The summed E-state index contributed by atoms with van der Waals surface area (Å²) in [4.78, 5) is 4.24. The minimum absolute atomic E-state index is 0.565. The molecule has 0 amide bonds. The lowest BCUT2D eigenvalue weighted by atomic mass is 10.2. The molecule has 0 bridgehead atoms. The molecule has 0 aliphatic heterocycles. The number of thiol groups is 1. The van der Waals surface area contributed by atoms with E-state index in [0.29, 0.717) is 11.2 Å². The molecule has 0 radical (unpaired) electrons. The Kier molecular flexibility index (Phi) is 1.42. The number of hydrogen-bond donors (Lipinski definition) is 1. The maximum atomic E-state index is 4.34. The summed E-state index contributed by atoms with van der Waals surface area (Å²) in [5, 5.41) is 0.565. The van der Waals surface area contributed by atoms with Crippen LogP contribution in [0.4, 0.5) is 0 Å². The van der Waals surface area contributed by atoms with Gasteiger partial charge in [-0.3, -0.25) is 4.98 Å². The Labute approximate surface area is 65.9 Å². The fourth-order valence-corrected chi connectivity index (χ4v) is 1.47. The van der Waals surface area contributed by atoms with Crippen LogP contribution in [0.5, 0.6) is 0 Å². The molecule has 2 heteroatoms. The number of rotatable bonds is 1. The quantitative estimate of drug-likeness (QED) is 0.604. The molecular weight excluding hydrogens is 142 g/mol. The molecule has 2 rings (SSSR count). The van der Waals surface area contributed by atoms with E-state index in [1.807, 2.05) is 18.3 Å². The molecule has 2 atom stereocenters. The first-order chi connectivity index (χ1) is 4.88. The highest BCUT2D eigenvalue weighted by Crippen LogP contribution is 2.43. The third-order valence-corrected chi connectivity index (χ3v) is 2.40. The van der Waals surface area contributed by atoms with Crippen LogP contribution in [0.3, 0.4) is 0 Å². The monoisotopic (exact) mass is 151 g/mol. The second kappa shape index (κ2) is 2.27. The summed E-state index contributed by atoms with van der Waals surface area (Å²) in [5.41, 5.74) is 1.20. The first kappa shape index (κ1) is 6.23. The number of hydrogen-bond acceptors (Lipinski definition) is 2. The van der Waals surface area contributed by atoms with E-state index in [4.69, 9.17) is 0 Å². The Hall–Kier alpha value is -0.500. The normalized spacial score (nSPS) is 30.1. The largest absolute Gasteiger partial charge is 0.261 e. The lowest BCUT2D eigenvalue weighted by Crippen LogP contribution is -1.84. The average Bonchev–Trinajstić information content (AvgIpc) is 2.69. The summed E-state index contributed by atoms with van der Waals surface area (Å²) in [6.45, 7) is 0. The zero-order valence-corrected chi connectivity index (χ0v) is 6.46. The maximum Gasteiger partial charge on any atom is 0.0445 e. The van der Waals surface area contributed by atoms with Gasteiger partial charge in [0.2, 0.25) is 0 Å². The smallest absolute Gasteiger partial charge is 0.0445 e. The molecule has 1 aromatic rings. The van der Waals surface area contributed by atoms with Crippen LogP contribution in [0.15, 0.2) is 24.4 Å². The molecule has 0 unspecified atom stereocenters. The third kappa shape index (κ3) is 1.03. The van der Waals surface area contributed by atoms with Gasteiger partial charge in [-0.05, 0) is 18.6 Å². The minimum atomic E-state index is 0.565. The summed E-state index contributed by atoms with van der Waals surface area (Å²) >= 11 is 4.34. The Balaban J connectivity index is 2.20. The molecule has 52 valence electrons. The van der Waals surface area contributed by atoms with E-state index in [2.05, 4.69) is 23.7 Å². The van der Waals surface area contributed by atoms with Crippen molar-refractivity contribution in [2.45, 2.75) is 17.6 Å². The summed E-state index contributed by atoms with van der Waals surface area (Å²) < 4.78 is 0. The predicted molar refractivity (Wildman–Crippen MR) is 44.4 cm³/mol. The van der Waals surface area contributed by atoms with Crippen molar-refractivity contribution in [2.75, 3.05) is 0 Å². The van der Waals surface area contributed by atoms with Gasteiger partial charge in [-0.15, -0.1) is 0 Å². The third-order valence-electron chi connectivity index (χ3n) is 1.82. The van der Waals surface area contributed by atoms with Crippen molar-refractivity contribution in [1.82, 2.24) is 4.98 Å². The molecule has 1 fully saturated rings. The second-order valence-corrected chi connectivity index (χ2v) is 3.33. The van der Waals surface area contributed by atoms with Crippen LogP contribution in [0.2, 0.25) is 0 Å². The highest BCUT2D eigenvalue weighted by molar-refractivity contribution is 7.81. The lowest BCUT2D eigenvalue weighted by Gasteiger charge is -1.93. The van der Waals surface area contributed by atoms with Crippen LogP contribution in [-0.4, -0.2) is 10.2 Å². The van der Waals surface area contributed by atoms with Crippen molar-refractivity contribution >= 4 is 12.6 Å². The molecule has 10 heavy (non-hydrogen) atoms. The Morgan fingerprint density at radius 1 is 1.50 bits per heavy atom. The molecule has 1 nitrogen and oxygen atoms in total. The van der Waals surface area contributed by atoms with Gasteiger partial charge in [0.05, 0.1) is 0 Å². The zero-order chi connectivity index (χ0) is 6.97. The SMILES string of the molecule is S[C@H]1C[C@@H]1c1ccccn1. The van der Waals surface area contributed by atoms with E-state index >= 15 is 0 Å². The topological polar surface area (TPSA) is 12.9 Å². The van der Waals surface area contributed by atoms with E-state index in [-0.39, 0.29) is 0 Å². The number of nitrogens with zero attached hydrogens (tertiary/aromatic N) is 1. The molecular formula is C8H9NS.